The number of carbonyl (C=O) groups excluding carboxylic acids is 8. The summed E-state index contributed by atoms with van der Waals surface area (Å²) in [6.45, 7) is 7.18. The fourth-order valence-corrected chi connectivity index (χ4v) is 4.78. The third-order valence-corrected chi connectivity index (χ3v) is 6.15. The van der Waals surface area contributed by atoms with E-state index in [2.05, 4.69) is 0 Å². The molecule has 264 valence electrons. The number of ether oxygens (including phenoxy) is 11. The zero-order chi connectivity index (χ0) is 35.6. The van der Waals surface area contributed by atoms with E-state index in [1.807, 2.05) is 0 Å². The van der Waals surface area contributed by atoms with E-state index in [1.165, 1.54) is 0 Å². The highest BCUT2D eigenvalue weighted by atomic mass is 16.8. The Morgan fingerprint density at radius 1 is 0.447 bits per heavy atom. The highest BCUT2D eigenvalue weighted by molar-refractivity contribution is 5.70. The summed E-state index contributed by atoms with van der Waals surface area (Å²) in [6, 6.07) is 0. The van der Waals surface area contributed by atoms with Gasteiger partial charge in [-0.25, -0.2) is 0 Å². The minimum Gasteiger partial charge on any atom is -0.462 e. The molecule has 2 saturated heterocycles. The van der Waals surface area contributed by atoms with Crippen LogP contribution in [-0.4, -0.2) is 122 Å². The van der Waals surface area contributed by atoms with Gasteiger partial charge < -0.3 is 52.1 Å². The first-order valence-electron chi connectivity index (χ1n) is 14.2. The molecule has 0 N–H and O–H groups in total. The Balaban J connectivity index is 2.49. The number of hydrogen-bond acceptors (Lipinski definition) is 19. The van der Waals surface area contributed by atoms with Gasteiger partial charge in [-0.3, -0.25) is 38.4 Å². The molecule has 0 aromatic heterocycles. The Kier molecular flexibility index (Phi) is 14.5. The first kappa shape index (κ1) is 38.8. The van der Waals surface area contributed by atoms with E-state index in [0.29, 0.717) is 0 Å². The fraction of sp³-hybridized carbons (Fsp3) is 0.714. The molecule has 0 bridgehead atoms. The van der Waals surface area contributed by atoms with Crippen LogP contribution in [-0.2, 0) is 90.5 Å². The van der Waals surface area contributed by atoms with Gasteiger partial charge >= 0.3 is 47.8 Å². The molecule has 2 fully saturated rings. The van der Waals surface area contributed by atoms with Crippen molar-refractivity contribution < 1.29 is 90.5 Å². The topological polar surface area (TPSA) is 238 Å². The Morgan fingerprint density at radius 3 is 1.19 bits per heavy atom. The van der Waals surface area contributed by atoms with Crippen molar-refractivity contribution in [3.8, 4) is 0 Å². The first-order chi connectivity index (χ1) is 21.9. The van der Waals surface area contributed by atoms with Crippen LogP contribution < -0.4 is 0 Å². The molecule has 2 aliphatic rings. The van der Waals surface area contributed by atoms with E-state index in [-0.39, 0.29) is 0 Å². The minimum absolute atomic E-state index is 0.554. The second kappa shape index (κ2) is 17.5. The van der Waals surface area contributed by atoms with E-state index in [0.717, 1.165) is 55.4 Å². The van der Waals surface area contributed by atoms with Crippen LogP contribution in [0.15, 0.2) is 0 Å². The summed E-state index contributed by atoms with van der Waals surface area (Å²) in [6.07, 6.45) is -15.0. The molecule has 0 saturated carbocycles. The Hall–Kier alpha value is -4.36. The molecule has 0 radical (unpaired) electrons. The maximum absolute atomic E-state index is 12.1. The Labute approximate surface area is 268 Å². The molecule has 19 heteroatoms. The van der Waals surface area contributed by atoms with Crippen molar-refractivity contribution >= 4 is 47.8 Å². The molecule has 0 aliphatic carbocycles. The molecule has 0 aromatic rings. The predicted molar refractivity (Wildman–Crippen MR) is 145 cm³/mol. The molecule has 19 nitrogen and oxygen atoms in total. The molecule has 2 aliphatic heterocycles. The van der Waals surface area contributed by atoms with Gasteiger partial charge in [-0.2, -0.15) is 0 Å². The van der Waals surface area contributed by atoms with Crippen LogP contribution in [0.4, 0.5) is 0 Å². The molecule has 2 heterocycles. The summed E-state index contributed by atoms with van der Waals surface area (Å²) in [4.78, 5) is 95.3. The lowest BCUT2D eigenvalue weighted by atomic mass is 10.0. The van der Waals surface area contributed by atoms with Gasteiger partial charge in [0.1, 0.15) is 18.8 Å². The molecule has 0 unspecified atom stereocenters. The highest BCUT2D eigenvalue weighted by Crippen LogP contribution is 2.34. The molecular formula is C28H38O19. The van der Waals surface area contributed by atoms with Crippen LogP contribution >= 0.6 is 0 Å². The third kappa shape index (κ3) is 12.1. The lowest BCUT2D eigenvalue weighted by Crippen LogP contribution is -2.48. The van der Waals surface area contributed by atoms with Crippen LogP contribution in [0.1, 0.15) is 55.4 Å². The summed E-state index contributed by atoms with van der Waals surface area (Å²) < 4.78 is 59.4. The van der Waals surface area contributed by atoms with Gasteiger partial charge in [0.2, 0.25) is 12.4 Å². The van der Waals surface area contributed by atoms with E-state index >= 15 is 0 Å². The summed E-state index contributed by atoms with van der Waals surface area (Å²) >= 11 is 0. The van der Waals surface area contributed by atoms with Gasteiger partial charge in [0.25, 0.3) is 0 Å². The second-order valence-electron chi connectivity index (χ2n) is 10.3. The number of rotatable bonds is 14. The van der Waals surface area contributed by atoms with Crippen molar-refractivity contribution in [2.75, 3.05) is 13.2 Å². The van der Waals surface area contributed by atoms with Crippen molar-refractivity contribution in [3.63, 3.8) is 0 Å². The second-order valence-corrected chi connectivity index (χ2v) is 10.3. The van der Waals surface area contributed by atoms with Crippen LogP contribution in [0.5, 0.6) is 0 Å². The Morgan fingerprint density at radius 2 is 0.809 bits per heavy atom. The van der Waals surface area contributed by atoms with Crippen molar-refractivity contribution in [3.05, 3.63) is 0 Å². The molecule has 0 aromatic carbocycles. The number of carbonyl (C=O) groups is 8. The van der Waals surface area contributed by atoms with Crippen LogP contribution in [0.3, 0.4) is 0 Å². The van der Waals surface area contributed by atoms with Crippen molar-refractivity contribution in [1.29, 1.82) is 0 Å². The quantitative estimate of drug-likeness (QED) is 0.161. The SMILES string of the molecule is CC(=O)OC[C@H](OC(C)=O)[C@@H]1O[C@@H](OC[C@H](OC(C)=O)[C@@H]2O[C@@H](OC(C)=O)[C@H](OC(C)=O)[C@H]2OC(C)=O)[C@H](OC(C)=O)[C@H]1OC(C)=O. The zero-order valence-electron chi connectivity index (χ0n) is 26.9. The van der Waals surface area contributed by atoms with Crippen LogP contribution in [0, 0.1) is 0 Å². The third-order valence-electron chi connectivity index (χ3n) is 6.15. The Bertz CT molecular complexity index is 1200. The van der Waals surface area contributed by atoms with Gasteiger partial charge in [0.15, 0.2) is 36.8 Å². The molecular weight excluding hydrogens is 640 g/mol. The summed E-state index contributed by atoms with van der Waals surface area (Å²) in [5, 5.41) is 0. The lowest BCUT2D eigenvalue weighted by Gasteiger charge is -2.29. The number of esters is 8. The van der Waals surface area contributed by atoms with Crippen molar-refractivity contribution in [2.45, 2.75) is 117 Å². The van der Waals surface area contributed by atoms with Crippen molar-refractivity contribution in [2.24, 2.45) is 0 Å². The van der Waals surface area contributed by atoms with Crippen LogP contribution in [0.25, 0.3) is 0 Å². The average Bonchev–Trinajstić information content (AvgIpc) is 3.39. The van der Waals surface area contributed by atoms with Crippen molar-refractivity contribution in [1.82, 2.24) is 0 Å². The lowest BCUT2D eigenvalue weighted by molar-refractivity contribution is -0.224. The summed E-state index contributed by atoms with van der Waals surface area (Å²) in [7, 11) is 0. The normalized spacial score (nSPS) is 27.7. The molecule has 0 spiro atoms. The zero-order valence-corrected chi connectivity index (χ0v) is 26.9. The predicted octanol–water partition coefficient (Wildman–Crippen LogP) is -0.831. The molecule has 0 amide bonds. The van der Waals surface area contributed by atoms with Gasteiger partial charge in [0.05, 0.1) is 6.61 Å². The highest BCUT2D eigenvalue weighted by Gasteiger charge is 2.57. The summed E-state index contributed by atoms with van der Waals surface area (Å²) in [5.41, 5.74) is 0. The van der Waals surface area contributed by atoms with E-state index in [4.69, 9.17) is 52.1 Å². The van der Waals surface area contributed by atoms with Gasteiger partial charge in [-0.15, -0.1) is 0 Å². The smallest absolute Gasteiger partial charge is 0.305 e. The largest absolute Gasteiger partial charge is 0.462 e. The average molecular weight is 679 g/mol. The standard InChI is InChI=1S/C28H38O19/c1-11(29)37-9-19(39-12(2)30)21-23(41-14(4)32)25(43-16(6)34)27(46-21)38-10-20(40-13(3)31)22-24(42-15(5)33)26(44-17(7)35)28(47-22)45-18(8)36/h19-28H,9-10H2,1-8H3/t19-,20-,21-,22-,23-,24-,25+,26+,27+,28+/m0/s1. The first-order valence-corrected chi connectivity index (χ1v) is 14.2. The van der Waals surface area contributed by atoms with Gasteiger partial charge in [-0.05, 0) is 0 Å². The maximum atomic E-state index is 12.1. The molecule has 10 atom stereocenters. The summed E-state index contributed by atoms with van der Waals surface area (Å²) in [5.74, 6) is -6.73. The van der Waals surface area contributed by atoms with E-state index in [9.17, 15) is 38.4 Å². The van der Waals surface area contributed by atoms with Crippen LogP contribution in [0.2, 0.25) is 0 Å². The van der Waals surface area contributed by atoms with E-state index < -0.39 is 122 Å². The number of hydrogen-bond donors (Lipinski definition) is 0. The maximum Gasteiger partial charge on any atom is 0.305 e. The monoisotopic (exact) mass is 678 g/mol. The fourth-order valence-electron chi connectivity index (χ4n) is 4.78. The van der Waals surface area contributed by atoms with E-state index in [1.54, 1.807) is 0 Å². The molecule has 2 rings (SSSR count). The van der Waals surface area contributed by atoms with Gasteiger partial charge in [-0.1, -0.05) is 0 Å². The molecule has 47 heavy (non-hydrogen) atoms. The van der Waals surface area contributed by atoms with Gasteiger partial charge in [0, 0.05) is 55.4 Å². The minimum atomic E-state index is -1.62.